The molecule has 7 heteroatoms. The highest BCUT2D eigenvalue weighted by molar-refractivity contribution is 5.79. The van der Waals surface area contributed by atoms with E-state index in [1.807, 2.05) is 11.8 Å². The zero-order valence-electron chi connectivity index (χ0n) is 21.3. The quantitative estimate of drug-likeness (QED) is 0.692. The predicted molar refractivity (Wildman–Crippen MR) is 136 cm³/mol. The molecule has 5 rings (SSSR count). The largest absolute Gasteiger partial charge is 0.387 e. The van der Waals surface area contributed by atoms with Gasteiger partial charge >= 0.3 is 0 Å². The number of amides is 1. The normalized spacial score (nSPS) is 25.9. The van der Waals surface area contributed by atoms with Crippen LogP contribution < -0.4 is 5.56 Å². The van der Waals surface area contributed by atoms with Gasteiger partial charge in [-0.05, 0) is 44.6 Å². The Balaban J connectivity index is 1.37. The fourth-order valence-corrected chi connectivity index (χ4v) is 7.25. The maximum Gasteiger partial charge on any atom is 0.261 e. The molecule has 1 spiro atoms. The van der Waals surface area contributed by atoms with Crippen molar-refractivity contribution in [2.24, 2.45) is 17.3 Å². The third kappa shape index (κ3) is 4.52. The summed E-state index contributed by atoms with van der Waals surface area (Å²) in [5.74, 6) is 1.55. The Kier molecular flexibility index (Phi) is 6.73. The fourth-order valence-electron chi connectivity index (χ4n) is 7.25. The molecule has 1 amide bonds. The van der Waals surface area contributed by atoms with Gasteiger partial charge in [-0.25, -0.2) is 4.98 Å². The minimum absolute atomic E-state index is 0.0332. The van der Waals surface area contributed by atoms with Gasteiger partial charge < -0.3 is 10.0 Å². The maximum atomic E-state index is 13.5. The predicted octanol–water partition coefficient (Wildman–Crippen LogP) is 4.23. The standard InChI is InChI=1S/C28H40N4O3/c1-20(16-22-8-4-3-5-9-22)25(33)31-15-13-28(35,27(18-31)11-6-7-12-27)19-32-21(2)30-24-17-29-14-10-23(24)26(32)34/h10,14,17,20,22,35H,3-9,11-13,15-16,18-19H2,1-2H3. The van der Waals surface area contributed by atoms with Crippen LogP contribution in [0.15, 0.2) is 23.3 Å². The Morgan fingerprint density at radius 1 is 1.17 bits per heavy atom. The lowest BCUT2D eigenvalue weighted by Crippen LogP contribution is -2.62. The Labute approximate surface area is 208 Å². The smallest absolute Gasteiger partial charge is 0.261 e. The van der Waals surface area contributed by atoms with Crippen LogP contribution in [0.1, 0.15) is 83.4 Å². The summed E-state index contributed by atoms with van der Waals surface area (Å²) in [5.41, 5.74) is -0.953. The van der Waals surface area contributed by atoms with Gasteiger partial charge in [0.2, 0.25) is 5.91 Å². The van der Waals surface area contributed by atoms with Gasteiger partial charge in [-0.3, -0.25) is 19.1 Å². The SMILES string of the molecule is Cc1nc2cnccc2c(=O)n1CC1(O)CCN(C(=O)C(C)CC2CCCCC2)CC12CCCC2. The summed E-state index contributed by atoms with van der Waals surface area (Å²) in [6, 6.07) is 1.70. The first-order valence-corrected chi connectivity index (χ1v) is 13.6. The minimum Gasteiger partial charge on any atom is -0.387 e. The van der Waals surface area contributed by atoms with Crippen LogP contribution in [0.4, 0.5) is 0 Å². The average molecular weight is 481 g/mol. The van der Waals surface area contributed by atoms with Gasteiger partial charge in [0.15, 0.2) is 0 Å². The number of aliphatic hydroxyl groups is 1. The van der Waals surface area contributed by atoms with Gasteiger partial charge in [0.05, 0.1) is 29.2 Å². The van der Waals surface area contributed by atoms with E-state index >= 15 is 0 Å². The monoisotopic (exact) mass is 480 g/mol. The van der Waals surface area contributed by atoms with Crippen LogP contribution in [0.5, 0.6) is 0 Å². The second kappa shape index (κ2) is 9.64. The molecule has 0 radical (unpaired) electrons. The summed E-state index contributed by atoms with van der Waals surface area (Å²) < 4.78 is 1.64. The van der Waals surface area contributed by atoms with Gasteiger partial charge in [-0.1, -0.05) is 51.9 Å². The molecular weight excluding hydrogens is 440 g/mol. The minimum atomic E-state index is -1.04. The van der Waals surface area contributed by atoms with Gasteiger partial charge in [-0.2, -0.15) is 0 Å². The molecule has 2 aliphatic carbocycles. The number of hydrogen-bond donors (Lipinski definition) is 1. The summed E-state index contributed by atoms with van der Waals surface area (Å²) in [7, 11) is 0. The van der Waals surface area contributed by atoms with E-state index in [1.54, 1.807) is 23.0 Å². The molecule has 3 aliphatic rings. The number of hydrogen-bond acceptors (Lipinski definition) is 5. The molecule has 7 nitrogen and oxygen atoms in total. The third-order valence-electron chi connectivity index (χ3n) is 9.35. The Hall–Kier alpha value is -2.28. The molecule has 2 atom stereocenters. The van der Waals surface area contributed by atoms with Crippen LogP contribution in [-0.2, 0) is 11.3 Å². The van der Waals surface area contributed by atoms with E-state index in [4.69, 9.17) is 0 Å². The van der Waals surface area contributed by atoms with E-state index in [2.05, 4.69) is 16.9 Å². The van der Waals surface area contributed by atoms with Gasteiger partial charge in [0.1, 0.15) is 5.82 Å². The van der Waals surface area contributed by atoms with Crippen LogP contribution in [0.3, 0.4) is 0 Å². The van der Waals surface area contributed by atoms with Crippen molar-refractivity contribution in [2.75, 3.05) is 13.1 Å². The van der Waals surface area contributed by atoms with E-state index in [-0.39, 0.29) is 29.3 Å². The topological polar surface area (TPSA) is 88.3 Å². The van der Waals surface area contributed by atoms with E-state index in [1.165, 1.54) is 32.1 Å². The number of carbonyl (C=O) groups is 1. The molecule has 2 unspecified atom stereocenters. The van der Waals surface area contributed by atoms with Crippen molar-refractivity contribution in [2.45, 2.75) is 96.6 Å². The third-order valence-corrected chi connectivity index (χ3v) is 9.35. The van der Waals surface area contributed by atoms with Crippen molar-refractivity contribution in [3.05, 3.63) is 34.6 Å². The van der Waals surface area contributed by atoms with Crippen molar-refractivity contribution in [1.82, 2.24) is 19.4 Å². The average Bonchev–Trinajstić information content (AvgIpc) is 3.34. The highest BCUT2D eigenvalue weighted by Crippen LogP contribution is 2.52. The van der Waals surface area contributed by atoms with Crippen LogP contribution >= 0.6 is 0 Å². The number of nitrogens with zero attached hydrogens (tertiary/aromatic N) is 4. The van der Waals surface area contributed by atoms with Gasteiger partial charge in [-0.15, -0.1) is 0 Å². The van der Waals surface area contributed by atoms with Gasteiger partial charge in [0, 0.05) is 30.6 Å². The molecule has 3 heterocycles. The van der Waals surface area contributed by atoms with Crippen LogP contribution in [0, 0.1) is 24.2 Å². The van der Waals surface area contributed by atoms with Crippen LogP contribution in [0.2, 0.25) is 0 Å². The number of carbonyl (C=O) groups excluding carboxylic acids is 1. The lowest BCUT2D eigenvalue weighted by atomic mass is 9.65. The highest BCUT2D eigenvalue weighted by atomic mass is 16.3. The van der Waals surface area contributed by atoms with Crippen LogP contribution in [-0.4, -0.2) is 49.1 Å². The van der Waals surface area contributed by atoms with Crippen molar-refractivity contribution >= 4 is 16.8 Å². The van der Waals surface area contributed by atoms with Crippen molar-refractivity contribution < 1.29 is 9.90 Å². The summed E-state index contributed by atoms with van der Waals surface area (Å²) in [6.45, 7) is 5.28. The molecule has 3 fully saturated rings. The molecule has 0 aromatic carbocycles. The first-order valence-electron chi connectivity index (χ1n) is 13.6. The van der Waals surface area contributed by atoms with Crippen molar-refractivity contribution in [3.8, 4) is 0 Å². The second-order valence-corrected chi connectivity index (χ2v) is 11.6. The number of aryl methyl sites for hydroxylation is 1. The first kappa shape index (κ1) is 24.4. The Morgan fingerprint density at radius 3 is 2.66 bits per heavy atom. The molecule has 0 bridgehead atoms. The number of aromatic nitrogens is 3. The first-order chi connectivity index (χ1) is 16.8. The van der Waals surface area contributed by atoms with E-state index < -0.39 is 5.60 Å². The molecule has 1 saturated heterocycles. The van der Waals surface area contributed by atoms with Gasteiger partial charge in [0.25, 0.3) is 5.56 Å². The van der Waals surface area contributed by atoms with Crippen LogP contribution in [0.25, 0.3) is 10.9 Å². The van der Waals surface area contributed by atoms with E-state index in [0.29, 0.717) is 42.2 Å². The lowest BCUT2D eigenvalue weighted by molar-refractivity contribution is -0.163. The summed E-state index contributed by atoms with van der Waals surface area (Å²) in [4.78, 5) is 37.6. The molecule has 1 aliphatic heterocycles. The molecule has 35 heavy (non-hydrogen) atoms. The molecule has 190 valence electrons. The summed E-state index contributed by atoms with van der Waals surface area (Å²) in [6.07, 6.45) is 15.0. The maximum absolute atomic E-state index is 13.5. The number of fused-ring (bicyclic) bond motifs is 1. The molecular formula is C28H40N4O3. The fraction of sp³-hybridized carbons (Fsp3) is 0.714. The highest BCUT2D eigenvalue weighted by Gasteiger charge is 2.56. The summed E-state index contributed by atoms with van der Waals surface area (Å²) in [5, 5.41) is 12.7. The van der Waals surface area contributed by atoms with E-state index in [9.17, 15) is 14.7 Å². The number of rotatable bonds is 5. The molecule has 2 saturated carbocycles. The molecule has 1 N–H and O–H groups in total. The Bertz CT molecular complexity index is 1130. The zero-order chi connectivity index (χ0) is 24.6. The van der Waals surface area contributed by atoms with Crippen molar-refractivity contribution in [3.63, 3.8) is 0 Å². The number of piperidine rings is 1. The molecule has 2 aromatic heterocycles. The summed E-state index contributed by atoms with van der Waals surface area (Å²) >= 11 is 0. The zero-order valence-corrected chi connectivity index (χ0v) is 21.3. The number of pyridine rings is 1. The Morgan fingerprint density at radius 2 is 1.91 bits per heavy atom. The molecule has 2 aromatic rings. The van der Waals surface area contributed by atoms with Crippen molar-refractivity contribution in [1.29, 1.82) is 0 Å². The second-order valence-electron chi connectivity index (χ2n) is 11.6. The number of likely N-dealkylation sites (tertiary alicyclic amines) is 1. The lowest BCUT2D eigenvalue weighted by Gasteiger charge is -2.53. The van der Waals surface area contributed by atoms with E-state index in [0.717, 1.165) is 32.1 Å².